The molecule has 4 rings (SSSR count). The Bertz CT molecular complexity index is 1290. The summed E-state index contributed by atoms with van der Waals surface area (Å²) in [7, 11) is 3.19. The van der Waals surface area contributed by atoms with Crippen LogP contribution in [0.15, 0.2) is 33.2 Å². The largest absolute Gasteiger partial charge is 0.444 e. The van der Waals surface area contributed by atoms with Crippen molar-refractivity contribution in [3.05, 3.63) is 56.0 Å². The molecule has 2 aliphatic rings. The molecule has 2 atom stereocenters. The summed E-state index contributed by atoms with van der Waals surface area (Å²) in [5.74, 6) is -1.13. The Balaban J connectivity index is 0.000000230. The van der Waals surface area contributed by atoms with Crippen molar-refractivity contribution in [3.63, 3.8) is 0 Å². The fourth-order valence-corrected chi connectivity index (χ4v) is 5.25. The van der Waals surface area contributed by atoms with Gasteiger partial charge < -0.3 is 25.6 Å². The van der Waals surface area contributed by atoms with Gasteiger partial charge in [0.1, 0.15) is 23.3 Å². The van der Waals surface area contributed by atoms with Crippen LogP contribution in [0.25, 0.3) is 0 Å². The van der Waals surface area contributed by atoms with Crippen molar-refractivity contribution < 1.29 is 27.9 Å². The zero-order valence-corrected chi connectivity index (χ0v) is 25.6. The monoisotopic (exact) mass is 672 g/mol. The van der Waals surface area contributed by atoms with Gasteiger partial charge >= 0.3 is 6.09 Å². The summed E-state index contributed by atoms with van der Waals surface area (Å²) in [5, 5.41) is 2.58. The molecule has 0 unspecified atom stereocenters. The molecule has 2 aliphatic heterocycles. The second-order valence-electron chi connectivity index (χ2n) is 10.4. The predicted octanol–water partition coefficient (Wildman–Crippen LogP) is 5.22. The van der Waals surface area contributed by atoms with E-state index in [1.54, 1.807) is 47.0 Å². The first kappa shape index (κ1) is 31.0. The highest BCUT2D eigenvalue weighted by Crippen LogP contribution is 2.32. The summed E-state index contributed by atoms with van der Waals surface area (Å²) >= 11 is 6.45. The highest BCUT2D eigenvalue weighted by Gasteiger charge is 2.32. The van der Waals surface area contributed by atoms with Crippen LogP contribution in [0.4, 0.5) is 25.0 Å². The highest BCUT2D eigenvalue weighted by molar-refractivity contribution is 9.10. The Morgan fingerprint density at radius 3 is 1.87 bits per heavy atom. The van der Waals surface area contributed by atoms with Crippen molar-refractivity contribution in [2.24, 2.45) is 5.73 Å². The molecular weight excluding hydrogens is 642 g/mol. The van der Waals surface area contributed by atoms with Gasteiger partial charge in [-0.3, -0.25) is 9.59 Å². The van der Waals surface area contributed by atoms with E-state index >= 15 is 0 Å². The number of fused-ring (bicyclic) bond motifs is 2. The van der Waals surface area contributed by atoms with E-state index in [0.717, 1.165) is 0 Å². The molecule has 0 saturated heterocycles. The van der Waals surface area contributed by atoms with Crippen LogP contribution in [-0.4, -0.2) is 49.7 Å². The molecule has 0 bridgehead atoms. The Kier molecular flexibility index (Phi) is 9.77. The van der Waals surface area contributed by atoms with Crippen LogP contribution in [0.1, 0.15) is 44.7 Å². The van der Waals surface area contributed by atoms with Crippen LogP contribution in [0.3, 0.4) is 0 Å². The van der Waals surface area contributed by atoms with Crippen molar-refractivity contribution in [1.82, 2.24) is 5.32 Å². The lowest BCUT2D eigenvalue weighted by Crippen LogP contribution is -2.48. The van der Waals surface area contributed by atoms with Crippen LogP contribution in [0, 0.1) is 11.6 Å². The van der Waals surface area contributed by atoms with E-state index in [0.29, 0.717) is 57.1 Å². The molecule has 2 aromatic carbocycles. The number of hydrogen-bond donors (Lipinski definition) is 2. The normalized spacial score (nSPS) is 19.2. The average molecular weight is 674 g/mol. The number of anilines is 2. The Morgan fingerprint density at radius 1 is 0.923 bits per heavy atom. The first-order valence-corrected chi connectivity index (χ1v) is 13.9. The Labute approximate surface area is 243 Å². The number of carbonyl (C=O) groups is 3. The molecule has 2 aromatic rings. The van der Waals surface area contributed by atoms with Gasteiger partial charge in [-0.05, 0) is 70.7 Å². The summed E-state index contributed by atoms with van der Waals surface area (Å²) in [4.78, 5) is 39.0. The molecule has 0 fully saturated rings. The smallest absolute Gasteiger partial charge is 0.408 e. The van der Waals surface area contributed by atoms with Crippen molar-refractivity contribution in [2.45, 2.75) is 64.1 Å². The number of halogens is 4. The van der Waals surface area contributed by atoms with E-state index in [-0.39, 0.29) is 23.4 Å². The number of alkyl carbamates (subject to hydrolysis) is 1. The van der Waals surface area contributed by atoms with Gasteiger partial charge in [0.25, 0.3) is 0 Å². The number of nitrogens with one attached hydrogen (secondary N) is 1. The number of amides is 3. The molecule has 0 radical (unpaired) electrons. The Hall–Kier alpha value is -2.57. The van der Waals surface area contributed by atoms with Gasteiger partial charge in [-0.2, -0.15) is 0 Å². The molecule has 0 aromatic heterocycles. The first-order valence-electron chi connectivity index (χ1n) is 12.3. The second-order valence-corrected chi connectivity index (χ2v) is 12.3. The van der Waals surface area contributed by atoms with Crippen molar-refractivity contribution in [2.75, 3.05) is 23.9 Å². The van der Waals surface area contributed by atoms with Crippen LogP contribution < -0.4 is 20.9 Å². The fraction of sp³-hybridized carbons (Fsp3) is 0.444. The highest BCUT2D eigenvalue weighted by atomic mass is 79.9. The van der Waals surface area contributed by atoms with Gasteiger partial charge in [-0.25, -0.2) is 13.6 Å². The zero-order valence-electron chi connectivity index (χ0n) is 22.4. The lowest BCUT2D eigenvalue weighted by Gasteiger charge is -2.24. The molecule has 0 spiro atoms. The maximum absolute atomic E-state index is 14.1. The minimum atomic E-state index is -0.750. The number of likely N-dealkylation sites (N-methyl/N-ethyl adjacent to an activating group) is 2. The van der Waals surface area contributed by atoms with E-state index < -0.39 is 23.8 Å². The van der Waals surface area contributed by atoms with Crippen molar-refractivity contribution in [3.8, 4) is 0 Å². The minimum Gasteiger partial charge on any atom is -0.444 e. The summed E-state index contributed by atoms with van der Waals surface area (Å²) in [6.45, 7) is 5.24. The third-order valence-corrected chi connectivity index (χ3v) is 7.27. The number of nitrogens with two attached hydrogens (primary N) is 1. The summed E-state index contributed by atoms with van der Waals surface area (Å²) in [5.41, 5.74) is 7.20. The number of carbonyl (C=O) groups excluding carboxylic acids is 3. The quantitative estimate of drug-likeness (QED) is 0.432. The maximum Gasteiger partial charge on any atom is 0.408 e. The van der Waals surface area contributed by atoms with E-state index in [1.165, 1.54) is 21.9 Å². The van der Waals surface area contributed by atoms with E-state index in [4.69, 9.17) is 10.5 Å². The predicted molar refractivity (Wildman–Crippen MR) is 153 cm³/mol. The third kappa shape index (κ3) is 7.55. The Morgan fingerprint density at radius 2 is 1.38 bits per heavy atom. The fourth-order valence-electron chi connectivity index (χ4n) is 4.41. The molecule has 212 valence electrons. The van der Waals surface area contributed by atoms with Gasteiger partial charge in [0.15, 0.2) is 0 Å². The van der Waals surface area contributed by atoms with Crippen molar-refractivity contribution >= 4 is 61.1 Å². The summed E-state index contributed by atoms with van der Waals surface area (Å²) in [6.07, 6.45) is 0.983. The van der Waals surface area contributed by atoms with Gasteiger partial charge in [0, 0.05) is 34.2 Å². The number of rotatable bonds is 1. The lowest BCUT2D eigenvalue weighted by molar-refractivity contribution is -0.120. The van der Waals surface area contributed by atoms with E-state index in [2.05, 4.69) is 37.2 Å². The van der Waals surface area contributed by atoms with E-state index in [1.807, 2.05) is 0 Å². The molecule has 3 N–H and O–H groups in total. The minimum absolute atomic E-state index is 0.170. The third-order valence-electron chi connectivity index (χ3n) is 6.35. The van der Waals surface area contributed by atoms with Crippen LogP contribution in [-0.2, 0) is 27.2 Å². The molecule has 0 saturated carbocycles. The van der Waals surface area contributed by atoms with Crippen molar-refractivity contribution in [1.29, 1.82) is 0 Å². The van der Waals surface area contributed by atoms with Crippen LogP contribution in [0.2, 0.25) is 0 Å². The van der Waals surface area contributed by atoms with Gasteiger partial charge in [0.2, 0.25) is 11.8 Å². The van der Waals surface area contributed by atoms with Gasteiger partial charge in [-0.1, -0.05) is 31.9 Å². The van der Waals surface area contributed by atoms with Crippen LogP contribution >= 0.6 is 31.9 Å². The molecule has 2 heterocycles. The lowest BCUT2D eigenvalue weighted by atomic mass is 10.1. The molecule has 0 aliphatic carbocycles. The number of nitrogens with zero attached hydrogens (tertiary/aromatic N) is 2. The van der Waals surface area contributed by atoms with E-state index in [9.17, 15) is 23.2 Å². The topological polar surface area (TPSA) is 105 Å². The maximum atomic E-state index is 14.1. The molecule has 12 heteroatoms. The zero-order chi connectivity index (χ0) is 29.2. The molecular formula is C27H32Br2F2N4O4. The molecule has 3 amide bonds. The van der Waals surface area contributed by atoms with Gasteiger partial charge in [-0.15, -0.1) is 0 Å². The van der Waals surface area contributed by atoms with Gasteiger partial charge in [0.05, 0.1) is 17.4 Å². The average Bonchev–Trinajstić information content (AvgIpc) is 3.00. The second kappa shape index (κ2) is 12.3. The number of hydrogen-bond acceptors (Lipinski definition) is 5. The number of ether oxygens (including phenoxy) is 1. The first-order chi connectivity index (χ1) is 18.1. The van der Waals surface area contributed by atoms with Crippen LogP contribution in [0.5, 0.6) is 0 Å². The standard InChI is InChI=1S/C16H20BrFN2O3.C11H12BrFN2O/c1-16(2,3)23-15(22)19-12-6-5-10-11(18)7-9(17)8-13(10)20(4)14(12)21;1-15-10-5-6(12)4-8(13)7(10)2-3-9(14)11(15)16/h7-8,12H,5-6H2,1-4H3,(H,19,22);4-5,9H,2-3,14H2,1H3/t12-;9-/m00/s1. The number of benzene rings is 2. The summed E-state index contributed by atoms with van der Waals surface area (Å²) in [6, 6.07) is 4.93. The molecule has 8 nitrogen and oxygen atoms in total. The SMILES string of the molecule is CN1C(=O)[C@@H](N)CCc2c(F)cc(Br)cc21.CN1C(=O)[C@@H](NC(=O)OC(C)(C)C)CCc2c(F)cc(Br)cc21. The summed E-state index contributed by atoms with van der Waals surface area (Å²) < 4.78 is 34.2. The molecule has 39 heavy (non-hydrogen) atoms.